The van der Waals surface area contributed by atoms with E-state index in [1.165, 1.54) is 11.1 Å². The zero-order chi connectivity index (χ0) is 14.8. The predicted octanol–water partition coefficient (Wildman–Crippen LogP) is 4.67. The molecule has 1 aliphatic heterocycles. The Kier molecular flexibility index (Phi) is 4.53. The third-order valence-corrected chi connectivity index (χ3v) is 4.49. The van der Waals surface area contributed by atoms with Gasteiger partial charge in [0.05, 0.1) is 6.61 Å². The predicted molar refractivity (Wildman–Crippen MR) is 90.0 cm³/mol. The Morgan fingerprint density at radius 3 is 2.90 bits per heavy atom. The minimum Gasteiger partial charge on any atom is -0.493 e. The molecule has 0 spiro atoms. The van der Waals surface area contributed by atoms with Crippen molar-refractivity contribution in [3.05, 3.63) is 62.6 Å². The van der Waals surface area contributed by atoms with Crippen molar-refractivity contribution in [1.82, 2.24) is 0 Å². The second-order valence-corrected chi connectivity index (χ2v) is 6.74. The van der Waals surface area contributed by atoms with E-state index in [1.807, 2.05) is 18.2 Å². The second kappa shape index (κ2) is 6.39. The molecule has 2 aromatic rings. The Hall–Kier alpha value is -1.03. The van der Waals surface area contributed by atoms with Gasteiger partial charge >= 0.3 is 0 Å². The molecular formula is C17H17BrClNO. The van der Waals surface area contributed by atoms with Gasteiger partial charge in [0.2, 0.25) is 0 Å². The lowest BCUT2D eigenvalue weighted by atomic mass is 9.98. The summed E-state index contributed by atoms with van der Waals surface area (Å²) < 4.78 is 6.50. The molecule has 1 aliphatic rings. The van der Waals surface area contributed by atoms with E-state index >= 15 is 0 Å². The molecule has 110 valence electrons. The van der Waals surface area contributed by atoms with Crippen LogP contribution >= 0.6 is 27.5 Å². The Labute approximate surface area is 138 Å². The van der Waals surface area contributed by atoms with Gasteiger partial charge in [0.15, 0.2) is 0 Å². The van der Waals surface area contributed by atoms with Crippen molar-refractivity contribution in [3.8, 4) is 5.75 Å². The van der Waals surface area contributed by atoms with Crippen LogP contribution in [0.25, 0.3) is 0 Å². The summed E-state index contributed by atoms with van der Waals surface area (Å²) in [7, 11) is 0. The summed E-state index contributed by atoms with van der Waals surface area (Å²) in [6.45, 7) is 0.800. The Morgan fingerprint density at radius 2 is 2.10 bits per heavy atom. The highest BCUT2D eigenvalue weighted by Crippen LogP contribution is 2.28. The van der Waals surface area contributed by atoms with E-state index in [-0.39, 0.29) is 6.04 Å². The lowest BCUT2D eigenvalue weighted by molar-refractivity contribution is 0.357. The number of nitrogens with two attached hydrogens (primary N) is 1. The zero-order valence-electron chi connectivity index (χ0n) is 11.6. The average Bonchev–Trinajstić information content (AvgIpc) is 2.91. The lowest BCUT2D eigenvalue weighted by Crippen LogP contribution is -2.11. The summed E-state index contributed by atoms with van der Waals surface area (Å²) in [4.78, 5) is 0. The van der Waals surface area contributed by atoms with Crippen molar-refractivity contribution in [2.45, 2.75) is 25.3 Å². The smallest absolute Gasteiger partial charge is 0.122 e. The maximum atomic E-state index is 6.29. The molecule has 4 heteroatoms. The van der Waals surface area contributed by atoms with Crippen molar-refractivity contribution in [1.29, 1.82) is 0 Å². The Bertz CT molecular complexity index is 639. The molecular weight excluding hydrogens is 350 g/mol. The third kappa shape index (κ3) is 3.60. The SMILES string of the molecule is NC(CCc1ccc2c(c1)CCO2)c1cc(Cl)cc(Br)c1. The fraction of sp³-hybridized carbons (Fsp3) is 0.294. The second-order valence-electron chi connectivity index (χ2n) is 5.39. The first-order valence-electron chi connectivity index (χ1n) is 7.08. The molecule has 1 heterocycles. The monoisotopic (exact) mass is 365 g/mol. The highest BCUT2D eigenvalue weighted by molar-refractivity contribution is 9.10. The molecule has 0 amide bonds. The number of fused-ring (bicyclic) bond motifs is 1. The quantitative estimate of drug-likeness (QED) is 0.853. The molecule has 2 nitrogen and oxygen atoms in total. The van der Waals surface area contributed by atoms with Crippen molar-refractivity contribution in [2.75, 3.05) is 6.61 Å². The van der Waals surface area contributed by atoms with Gasteiger partial charge in [0, 0.05) is 22.0 Å². The van der Waals surface area contributed by atoms with E-state index in [2.05, 4.69) is 34.1 Å². The molecule has 2 N–H and O–H groups in total. The van der Waals surface area contributed by atoms with Crippen LogP contribution in [-0.2, 0) is 12.8 Å². The minimum absolute atomic E-state index is 0.00972. The molecule has 2 aromatic carbocycles. The first-order chi connectivity index (χ1) is 10.1. The van der Waals surface area contributed by atoms with Crippen molar-refractivity contribution in [2.24, 2.45) is 5.73 Å². The molecule has 21 heavy (non-hydrogen) atoms. The van der Waals surface area contributed by atoms with Crippen molar-refractivity contribution < 1.29 is 4.74 Å². The number of benzene rings is 2. The van der Waals surface area contributed by atoms with Crippen LogP contribution < -0.4 is 10.5 Å². The van der Waals surface area contributed by atoms with E-state index < -0.39 is 0 Å². The first-order valence-corrected chi connectivity index (χ1v) is 8.25. The first kappa shape index (κ1) is 14.9. The van der Waals surface area contributed by atoms with E-state index in [9.17, 15) is 0 Å². The molecule has 1 atom stereocenters. The van der Waals surface area contributed by atoms with Gasteiger partial charge in [-0.05, 0) is 53.8 Å². The van der Waals surface area contributed by atoms with E-state index in [0.717, 1.165) is 41.7 Å². The molecule has 0 radical (unpaired) electrons. The normalized spacial score (nSPS) is 14.6. The fourth-order valence-corrected chi connectivity index (χ4v) is 3.56. The van der Waals surface area contributed by atoms with Gasteiger partial charge in [-0.1, -0.05) is 39.7 Å². The van der Waals surface area contributed by atoms with Crippen LogP contribution in [0, 0.1) is 0 Å². The molecule has 1 unspecified atom stereocenters. The van der Waals surface area contributed by atoms with Gasteiger partial charge in [-0.2, -0.15) is 0 Å². The van der Waals surface area contributed by atoms with Gasteiger partial charge in [-0.3, -0.25) is 0 Å². The summed E-state index contributed by atoms with van der Waals surface area (Å²) in [5.74, 6) is 1.03. The highest BCUT2D eigenvalue weighted by Gasteiger charge is 2.13. The van der Waals surface area contributed by atoms with E-state index in [1.54, 1.807) is 0 Å². The molecule has 0 fully saturated rings. The number of hydrogen-bond acceptors (Lipinski definition) is 2. The summed E-state index contributed by atoms with van der Waals surface area (Å²) in [5.41, 5.74) is 9.98. The topological polar surface area (TPSA) is 35.2 Å². The molecule has 0 aliphatic carbocycles. The number of hydrogen-bond donors (Lipinski definition) is 1. The lowest BCUT2D eigenvalue weighted by Gasteiger charge is -2.13. The van der Waals surface area contributed by atoms with Gasteiger partial charge in [0.25, 0.3) is 0 Å². The highest BCUT2D eigenvalue weighted by atomic mass is 79.9. The maximum Gasteiger partial charge on any atom is 0.122 e. The van der Waals surface area contributed by atoms with Gasteiger partial charge in [-0.25, -0.2) is 0 Å². The third-order valence-electron chi connectivity index (χ3n) is 3.81. The molecule has 0 saturated carbocycles. The van der Waals surface area contributed by atoms with Crippen LogP contribution in [0.5, 0.6) is 5.75 Å². The summed E-state index contributed by atoms with van der Waals surface area (Å²) in [6, 6.07) is 12.3. The Morgan fingerprint density at radius 1 is 1.24 bits per heavy atom. The summed E-state index contributed by atoms with van der Waals surface area (Å²) in [5, 5.41) is 0.713. The fourth-order valence-electron chi connectivity index (χ4n) is 2.67. The van der Waals surface area contributed by atoms with Crippen LogP contribution in [0.15, 0.2) is 40.9 Å². The number of halogens is 2. The Balaban J connectivity index is 1.66. The van der Waals surface area contributed by atoms with Gasteiger partial charge in [0.1, 0.15) is 5.75 Å². The van der Waals surface area contributed by atoms with Crippen LogP contribution in [-0.4, -0.2) is 6.61 Å². The molecule has 0 saturated heterocycles. The maximum absolute atomic E-state index is 6.29. The number of ether oxygens (including phenoxy) is 1. The van der Waals surface area contributed by atoms with E-state index in [4.69, 9.17) is 22.1 Å². The summed E-state index contributed by atoms with van der Waals surface area (Å²) in [6.07, 6.45) is 2.86. The molecule has 0 bridgehead atoms. The molecule has 0 aromatic heterocycles. The van der Waals surface area contributed by atoms with Crippen LogP contribution in [0.4, 0.5) is 0 Å². The number of rotatable bonds is 4. The largest absolute Gasteiger partial charge is 0.493 e. The summed E-state index contributed by atoms with van der Waals surface area (Å²) >= 11 is 9.53. The zero-order valence-corrected chi connectivity index (χ0v) is 14.0. The van der Waals surface area contributed by atoms with Crippen LogP contribution in [0.3, 0.4) is 0 Å². The number of aryl methyl sites for hydroxylation is 1. The van der Waals surface area contributed by atoms with E-state index in [0.29, 0.717) is 5.02 Å². The minimum atomic E-state index is -0.00972. The standard InChI is InChI=1S/C17H17BrClNO/c18-14-8-13(9-15(19)10-14)16(20)3-1-11-2-4-17-12(7-11)5-6-21-17/h2,4,7-10,16H,1,3,5-6,20H2. The van der Waals surface area contributed by atoms with Gasteiger partial charge < -0.3 is 10.5 Å². The van der Waals surface area contributed by atoms with Gasteiger partial charge in [-0.15, -0.1) is 0 Å². The molecule has 3 rings (SSSR count). The van der Waals surface area contributed by atoms with Crippen LogP contribution in [0.2, 0.25) is 5.02 Å². The van der Waals surface area contributed by atoms with Crippen molar-refractivity contribution >= 4 is 27.5 Å². The van der Waals surface area contributed by atoms with Crippen molar-refractivity contribution in [3.63, 3.8) is 0 Å². The average molecular weight is 367 g/mol. The van der Waals surface area contributed by atoms with Crippen LogP contribution in [0.1, 0.15) is 29.2 Å².